The number of phenols is 1. The van der Waals surface area contributed by atoms with Gasteiger partial charge >= 0.3 is 4.87 Å². The van der Waals surface area contributed by atoms with E-state index in [2.05, 4.69) is 9.71 Å². The van der Waals surface area contributed by atoms with Gasteiger partial charge in [-0.25, -0.2) is 8.42 Å². The Balaban J connectivity index is 2.04. The molecule has 0 saturated carbocycles. The Hall–Kier alpha value is -1.74. The number of hydrogen-bond donors (Lipinski definition) is 3. The molecule has 3 rings (SSSR count). The van der Waals surface area contributed by atoms with Crippen LogP contribution in [0.15, 0.2) is 40.0 Å². The van der Waals surface area contributed by atoms with Crippen molar-refractivity contribution in [3.63, 3.8) is 0 Å². The van der Waals surface area contributed by atoms with E-state index in [0.29, 0.717) is 10.2 Å². The standard InChI is InChI=1S/C13H8Cl2N2O4S2/c14-6-3-8(15)12(18)11(4-6)23(20,21)17-7-1-2-9-10(5-7)22-13(19)16-9/h1-5,17-18H,(H,16,19). The highest BCUT2D eigenvalue weighted by molar-refractivity contribution is 7.92. The average Bonchev–Trinajstić information content (AvgIpc) is 2.81. The minimum absolute atomic E-state index is 0.0764. The molecule has 0 aliphatic heterocycles. The number of aromatic nitrogens is 1. The molecule has 0 spiro atoms. The van der Waals surface area contributed by atoms with Crippen molar-refractivity contribution in [1.82, 2.24) is 4.98 Å². The lowest BCUT2D eigenvalue weighted by Crippen LogP contribution is -2.13. The number of sulfonamides is 1. The fourth-order valence-electron chi connectivity index (χ4n) is 1.97. The maximum Gasteiger partial charge on any atom is 0.305 e. The van der Waals surface area contributed by atoms with Gasteiger partial charge in [-0.05, 0) is 30.3 Å². The molecule has 3 N–H and O–H groups in total. The summed E-state index contributed by atoms with van der Waals surface area (Å²) in [7, 11) is -4.10. The van der Waals surface area contributed by atoms with Crippen LogP contribution in [0.25, 0.3) is 10.2 Å². The molecule has 0 atom stereocenters. The second-order valence-corrected chi connectivity index (χ2v) is 8.07. The third-order valence-corrected chi connectivity index (χ3v) is 5.70. The topological polar surface area (TPSA) is 99.3 Å². The lowest BCUT2D eigenvalue weighted by atomic mass is 10.3. The van der Waals surface area contributed by atoms with Crippen molar-refractivity contribution in [2.45, 2.75) is 4.90 Å². The molecule has 10 heteroatoms. The van der Waals surface area contributed by atoms with Crippen molar-refractivity contribution in [2.24, 2.45) is 0 Å². The van der Waals surface area contributed by atoms with Crippen LogP contribution in [0.5, 0.6) is 5.75 Å². The molecule has 6 nitrogen and oxygen atoms in total. The first-order valence-corrected chi connectivity index (χ1v) is 9.15. The van der Waals surface area contributed by atoms with Gasteiger partial charge in [-0.15, -0.1) is 0 Å². The van der Waals surface area contributed by atoms with E-state index >= 15 is 0 Å². The number of thiazole rings is 1. The largest absolute Gasteiger partial charge is 0.505 e. The number of phenolic OH excluding ortho intramolecular Hbond substituents is 1. The Morgan fingerprint density at radius 2 is 1.91 bits per heavy atom. The van der Waals surface area contributed by atoms with Crippen LogP contribution in [0.1, 0.15) is 0 Å². The van der Waals surface area contributed by atoms with E-state index < -0.39 is 20.7 Å². The summed E-state index contributed by atoms with van der Waals surface area (Å²) in [5, 5.41) is 9.76. The van der Waals surface area contributed by atoms with Gasteiger partial charge in [0.15, 0.2) is 5.75 Å². The molecule has 1 heterocycles. The SMILES string of the molecule is O=c1[nH]c2ccc(NS(=O)(=O)c3cc(Cl)cc(Cl)c3O)cc2s1. The molecule has 1 aromatic heterocycles. The third-order valence-electron chi connectivity index (χ3n) is 2.96. The van der Waals surface area contributed by atoms with Crippen LogP contribution in [-0.4, -0.2) is 18.5 Å². The van der Waals surface area contributed by atoms with Gasteiger partial charge in [0.2, 0.25) is 0 Å². The number of H-pyrrole nitrogens is 1. The number of nitrogens with one attached hydrogen (secondary N) is 2. The van der Waals surface area contributed by atoms with E-state index in [0.717, 1.165) is 17.4 Å². The molecule has 0 fully saturated rings. The Morgan fingerprint density at radius 1 is 1.17 bits per heavy atom. The van der Waals surface area contributed by atoms with Gasteiger partial charge in [0.05, 0.1) is 20.9 Å². The van der Waals surface area contributed by atoms with Crippen molar-refractivity contribution in [3.8, 4) is 5.75 Å². The Bertz CT molecular complexity index is 1070. The van der Waals surface area contributed by atoms with E-state index in [-0.39, 0.29) is 20.6 Å². The highest BCUT2D eigenvalue weighted by atomic mass is 35.5. The molecular weight excluding hydrogens is 383 g/mol. The molecule has 0 unspecified atom stereocenters. The fourth-order valence-corrected chi connectivity index (χ4v) is 4.55. The quantitative estimate of drug-likeness (QED) is 0.637. The number of hydrogen-bond acceptors (Lipinski definition) is 5. The highest BCUT2D eigenvalue weighted by Crippen LogP contribution is 2.35. The summed E-state index contributed by atoms with van der Waals surface area (Å²) in [6.45, 7) is 0. The van der Waals surface area contributed by atoms with Crippen molar-refractivity contribution < 1.29 is 13.5 Å². The highest BCUT2D eigenvalue weighted by Gasteiger charge is 2.22. The molecule has 120 valence electrons. The zero-order valence-electron chi connectivity index (χ0n) is 11.1. The van der Waals surface area contributed by atoms with E-state index in [1.807, 2.05) is 0 Å². The summed E-state index contributed by atoms with van der Waals surface area (Å²) in [6.07, 6.45) is 0. The van der Waals surface area contributed by atoms with Gasteiger partial charge < -0.3 is 10.1 Å². The van der Waals surface area contributed by atoms with Gasteiger partial charge in [-0.1, -0.05) is 34.5 Å². The second kappa shape index (κ2) is 5.72. The van der Waals surface area contributed by atoms with Crippen LogP contribution >= 0.6 is 34.5 Å². The molecule has 23 heavy (non-hydrogen) atoms. The Kier molecular flexibility index (Phi) is 4.01. The van der Waals surface area contributed by atoms with Crippen molar-refractivity contribution in [1.29, 1.82) is 0 Å². The minimum Gasteiger partial charge on any atom is -0.505 e. The van der Waals surface area contributed by atoms with E-state index in [9.17, 15) is 18.3 Å². The van der Waals surface area contributed by atoms with Gasteiger partial charge in [0, 0.05) is 5.02 Å². The molecule has 0 aliphatic carbocycles. The number of rotatable bonds is 3. The monoisotopic (exact) mass is 390 g/mol. The Labute approximate surface area is 144 Å². The number of anilines is 1. The number of benzene rings is 2. The first-order valence-electron chi connectivity index (χ1n) is 6.10. The summed E-state index contributed by atoms with van der Waals surface area (Å²) in [6, 6.07) is 6.92. The minimum atomic E-state index is -4.10. The lowest BCUT2D eigenvalue weighted by molar-refractivity contribution is 0.459. The average molecular weight is 391 g/mol. The zero-order chi connectivity index (χ0) is 16.8. The van der Waals surface area contributed by atoms with Gasteiger partial charge in [-0.3, -0.25) is 9.52 Å². The van der Waals surface area contributed by atoms with Crippen molar-refractivity contribution in [3.05, 3.63) is 50.0 Å². The van der Waals surface area contributed by atoms with Gasteiger partial charge in [0.25, 0.3) is 10.0 Å². The molecular formula is C13H8Cl2N2O4S2. The maximum absolute atomic E-state index is 12.4. The van der Waals surface area contributed by atoms with Gasteiger partial charge in [-0.2, -0.15) is 0 Å². The molecule has 2 aromatic carbocycles. The third kappa shape index (κ3) is 3.16. The van der Waals surface area contributed by atoms with Crippen LogP contribution in [0.4, 0.5) is 5.69 Å². The lowest BCUT2D eigenvalue weighted by Gasteiger charge is -2.11. The first-order chi connectivity index (χ1) is 10.8. The normalized spacial score (nSPS) is 11.7. The fraction of sp³-hybridized carbons (Fsp3) is 0. The molecule has 0 radical (unpaired) electrons. The molecule has 0 bridgehead atoms. The predicted molar refractivity (Wildman–Crippen MR) is 91.4 cm³/mol. The van der Waals surface area contributed by atoms with E-state index in [1.54, 1.807) is 6.07 Å². The number of aromatic hydroxyl groups is 1. The summed E-state index contributed by atoms with van der Waals surface area (Å²) in [4.78, 5) is 13.2. The van der Waals surface area contributed by atoms with Crippen LogP contribution in [0.3, 0.4) is 0 Å². The molecule has 0 saturated heterocycles. The van der Waals surface area contributed by atoms with Crippen LogP contribution in [0.2, 0.25) is 10.0 Å². The van der Waals surface area contributed by atoms with Crippen molar-refractivity contribution >= 4 is 60.5 Å². The van der Waals surface area contributed by atoms with Gasteiger partial charge in [0.1, 0.15) is 4.90 Å². The summed E-state index contributed by atoms with van der Waals surface area (Å²) < 4.78 is 27.7. The molecule has 0 amide bonds. The molecule has 0 aliphatic rings. The summed E-state index contributed by atoms with van der Waals surface area (Å²) in [5.74, 6) is -0.587. The number of fused-ring (bicyclic) bond motifs is 1. The van der Waals surface area contributed by atoms with Crippen molar-refractivity contribution in [2.75, 3.05) is 4.72 Å². The smallest absolute Gasteiger partial charge is 0.305 e. The number of halogens is 2. The molecule has 3 aromatic rings. The maximum atomic E-state index is 12.4. The van der Waals surface area contributed by atoms with E-state index in [4.69, 9.17) is 23.2 Å². The first kappa shape index (κ1) is 16.1. The zero-order valence-corrected chi connectivity index (χ0v) is 14.3. The Morgan fingerprint density at radius 3 is 2.65 bits per heavy atom. The summed E-state index contributed by atoms with van der Waals surface area (Å²) in [5.41, 5.74) is 0.847. The van der Waals surface area contributed by atoms with E-state index in [1.165, 1.54) is 18.2 Å². The number of aromatic amines is 1. The summed E-state index contributed by atoms with van der Waals surface area (Å²) >= 11 is 12.5. The predicted octanol–water partition coefficient (Wildman–Crippen LogP) is 3.40. The van der Waals surface area contributed by atoms with Crippen LogP contribution in [0, 0.1) is 0 Å². The second-order valence-electron chi connectivity index (χ2n) is 4.57. The van der Waals surface area contributed by atoms with Crippen LogP contribution in [-0.2, 0) is 10.0 Å². The van der Waals surface area contributed by atoms with Crippen LogP contribution < -0.4 is 9.60 Å².